The number of halogens is 1. The molecule has 0 heterocycles. The van der Waals surface area contributed by atoms with E-state index in [9.17, 15) is 4.39 Å². The highest BCUT2D eigenvalue weighted by atomic mass is 19.1. The Labute approximate surface area is 78.1 Å². The molecule has 0 aromatic heterocycles. The van der Waals surface area contributed by atoms with Gasteiger partial charge < -0.3 is 5.73 Å². The lowest BCUT2D eigenvalue weighted by Crippen LogP contribution is -2.12. The van der Waals surface area contributed by atoms with Crippen LogP contribution in [0.4, 0.5) is 4.39 Å². The van der Waals surface area contributed by atoms with Gasteiger partial charge >= 0.3 is 0 Å². The monoisotopic (exact) mass is 182 g/mol. The van der Waals surface area contributed by atoms with Gasteiger partial charge in [-0.25, -0.2) is 4.39 Å². The van der Waals surface area contributed by atoms with Crippen LogP contribution in [0.2, 0.25) is 0 Å². The molecule has 0 atom stereocenters. The summed E-state index contributed by atoms with van der Waals surface area (Å²) in [5, 5.41) is 6.97. The lowest BCUT2D eigenvalue weighted by Gasteiger charge is -1.97. The maximum absolute atomic E-state index is 12.3. The molecule has 2 nitrogen and oxygen atoms in total. The first kappa shape index (κ1) is 11.6. The van der Waals surface area contributed by atoms with Crippen molar-refractivity contribution in [2.45, 2.75) is 20.3 Å². The smallest absolute Gasteiger partial charge is 0.123 e. The first-order valence-electron chi connectivity index (χ1n) is 4.26. The van der Waals surface area contributed by atoms with Gasteiger partial charge in [0.15, 0.2) is 0 Å². The highest BCUT2D eigenvalue weighted by Gasteiger charge is 1.94. The predicted octanol–water partition coefficient (Wildman–Crippen LogP) is 2.33. The Kier molecular flexibility index (Phi) is 5.52. The van der Waals surface area contributed by atoms with Gasteiger partial charge in [0, 0.05) is 6.42 Å². The average molecular weight is 182 g/mol. The van der Waals surface area contributed by atoms with Gasteiger partial charge in [-0.15, -0.1) is 0 Å². The Morgan fingerprint density at radius 2 is 1.77 bits per heavy atom. The number of benzene rings is 1. The van der Waals surface area contributed by atoms with Crippen molar-refractivity contribution in [1.29, 1.82) is 5.41 Å². The molecular weight excluding hydrogens is 167 g/mol. The van der Waals surface area contributed by atoms with E-state index in [1.54, 1.807) is 12.1 Å². The summed E-state index contributed by atoms with van der Waals surface area (Å²) >= 11 is 0. The second kappa shape index (κ2) is 6.17. The van der Waals surface area contributed by atoms with Gasteiger partial charge in [-0.1, -0.05) is 26.0 Å². The Balaban J connectivity index is 0.000000671. The van der Waals surface area contributed by atoms with Crippen LogP contribution in [0, 0.1) is 11.2 Å². The summed E-state index contributed by atoms with van der Waals surface area (Å²) in [4.78, 5) is 0. The first-order chi connectivity index (χ1) is 6.18. The Hall–Kier alpha value is -1.38. The molecule has 3 N–H and O–H groups in total. The Morgan fingerprint density at radius 1 is 1.31 bits per heavy atom. The SMILES string of the molecule is CC.N=C(N)Cc1ccc(F)cc1. The fourth-order valence-corrected chi connectivity index (χ4v) is 0.822. The van der Waals surface area contributed by atoms with Crippen molar-refractivity contribution in [3.8, 4) is 0 Å². The summed E-state index contributed by atoms with van der Waals surface area (Å²) in [5.41, 5.74) is 6.01. The predicted molar refractivity (Wildman–Crippen MR) is 53.4 cm³/mol. The van der Waals surface area contributed by atoms with E-state index in [2.05, 4.69) is 0 Å². The largest absolute Gasteiger partial charge is 0.387 e. The van der Waals surface area contributed by atoms with Gasteiger partial charge in [0.25, 0.3) is 0 Å². The van der Waals surface area contributed by atoms with Gasteiger partial charge in [0.2, 0.25) is 0 Å². The van der Waals surface area contributed by atoms with E-state index in [0.717, 1.165) is 5.56 Å². The van der Waals surface area contributed by atoms with E-state index >= 15 is 0 Å². The van der Waals surface area contributed by atoms with Crippen LogP contribution in [0.15, 0.2) is 24.3 Å². The molecule has 3 heteroatoms. The minimum absolute atomic E-state index is 0.0941. The summed E-state index contributed by atoms with van der Waals surface area (Å²) in [6.07, 6.45) is 0.389. The van der Waals surface area contributed by atoms with Crippen molar-refractivity contribution in [2.75, 3.05) is 0 Å². The summed E-state index contributed by atoms with van der Waals surface area (Å²) in [5.74, 6) is -0.172. The molecule has 0 aliphatic rings. The van der Waals surface area contributed by atoms with Crippen LogP contribution in [0.25, 0.3) is 0 Å². The summed E-state index contributed by atoms with van der Waals surface area (Å²) < 4.78 is 12.3. The van der Waals surface area contributed by atoms with Crippen molar-refractivity contribution in [1.82, 2.24) is 0 Å². The number of nitrogens with one attached hydrogen (secondary N) is 1. The number of rotatable bonds is 2. The molecule has 72 valence electrons. The van der Waals surface area contributed by atoms with Crippen molar-refractivity contribution >= 4 is 5.84 Å². The molecule has 0 saturated carbocycles. The van der Waals surface area contributed by atoms with Gasteiger partial charge in [-0.3, -0.25) is 5.41 Å². The molecule has 13 heavy (non-hydrogen) atoms. The Morgan fingerprint density at radius 3 is 2.15 bits per heavy atom. The topological polar surface area (TPSA) is 49.9 Å². The van der Waals surface area contributed by atoms with Crippen LogP contribution in [-0.4, -0.2) is 5.84 Å². The zero-order valence-electron chi connectivity index (χ0n) is 7.97. The molecule has 0 spiro atoms. The maximum atomic E-state index is 12.3. The Bertz CT molecular complexity index is 254. The van der Waals surface area contributed by atoms with Crippen LogP contribution in [-0.2, 0) is 6.42 Å². The summed E-state index contributed by atoms with van der Waals surface area (Å²) in [6.45, 7) is 4.00. The minimum atomic E-state index is -0.266. The molecule has 0 aliphatic carbocycles. The van der Waals surface area contributed by atoms with E-state index in [1.165, 1.54) is 12.1 Å². The van der Waals surface area contributed by atoms with Crippen LogP contribution in [0.3, 0.4) is 0 Å². The molecule has 1 rings (SSSR count). The summed E-state index contributed by atoms with van der Waals surface area (Å²) in [7, 11) is 0. The maximum Gasteiger partial charge on any atom is 0.123 e. The van der Waals surface area contributed by atoms with E-state index < -0.39 is 0 Å². The molecule has 1 aromatic rings. The third-order valence-electron chi connectivity index (χ3n) is 1.31. The number of hydrogen-bond donors (Lipinski definition) is 2. The van der Waals surface area contributed by atoms with Crippen LogP contribution >= 0.6 is 0 Å². The van der Waals surface area contributed by atoms with Gasteiger partial charge in [0.1, 0.15) is 5.82 Å². The van der Waals surface area contributed by atoms with Crippen molar-refractivity contribution < 1.29 is 4.39 Å². The van der Waals surface area contributed by atoms with E-state index in [4.69, 9.17) is 11.1 Å². The molecule has 0 radical (unpaired) electrons. The van der Waals surface area contributed by atoms with Crippen LogP contribution < -0.4 is 5.73 Å². The van der Waals surface area contributed by atoms with Crippen molar-refractivity contribution in [3.05, 3.63) is 35.6 Å². The van der Waals surface area contributed by atoms with Crippen LogP contribution in [0.5, 0.6) is 0 Å². The number of amidine groups is 1. The molecule has 0 saturated heterocycles. The van der Waals surface area contributed by atoms with Gasteiger partial charge in [0.05, 0.1) is 5.84 Å². The average Bonchev–Trinajstić information content (AvgIpc) is 2.12. The zero-order chi connectivity index (χ0) is 10.3. The zero-order valence-corrected chi connectivity index (χ0v) is 7.97. The first-order valence-corrected chi connectivity index (χ1v) is 4.26. The van der Waals surface area contributed by atoms with Crippen LogP contribution in [0.1, 0.15) is 19.4 Å². The minimum Gasteiger partial charge on any atom is -0.387 e. The quantitative estimate of drug-likeness (QED) is 0.535. The highest BCUT2D eigenvalue weighted by molar-refractivity contribution is 5.79. The molecule has 0 bridgehead atoms. The molecule has 0 unspecified atom stereocenters. The van der Waals surface area contributed by atoms with E-state index in [1.807, 2.05) is 13.8 Å². The second-order valence-corrected chi connectivity index (χ2v) is 2.33. The number of nitrogens with two attached hydrogens (primary N) is 1. The molecular formula is C10H15FN2. The lowest BCUT2D eigenvalue weighted by molar-refractivity contribution is 0.627. The highest BCUT2D eigenvalue weighted by Crippen LogP contribution is 2.02. The van der Waals surface area contributed by atoms with Crippen molar-refractivity contribution in [2.24, 2.45) is 5.73 Å². The second-order valence-electron chi connectivity index (χ2n) is 2.33. The normalized spacial score (nSPS) is 8.54. The van der Waals surface area contributed by atoms with E-state index in [0.29, 0.717) is 6.42 Å². The third-order valence-corrected chi connectivity index (χ3v) is 1.31. The molecule has 0 aliphatic heterocycles. The number of hydrogen-bond acceptors (Lipinski definition) is 1. The molecule has 0 fully saturated rings. The van der Waals surface area contributed by atoms with E-state index in [-0.39, 0.29) is 11.7 Å². The fraction of sp³-hybridized carbons (Fsp3) is 0.300. The van der Waals surface area contributed by atoms with Crippen molar-refractivity contribution in [3.63, 3.8) is 0 Å². The standard InChI is InChI=1S/C8H9FN2.C2H6/c9-7-3-1-6(2-4-7)5-8(10)11;1-2/h1-4H,5H2,(H3,10,11);1-2H3. The molecule has 0 amide bonds. The third kappa shape index (κ3) is 4.95. The molecule has 1 aromatic carbocycles. The summed E-state index contributed by atoms with van der Waals surface area (Å²) in [6, 6.07) is 5.96. The lowest BCUT2D eigenvalue weighted by atomic mass is 10.1. The fourth-order valence-electron chi connectivity index (χ4n) is 0.822. The van der Waals surface area contributed by atoms with Gasteiger partial charge in [-0.05, 0) is 17.7 Å². The van der Waals surface area contributed by atoms with Gasteiger partial charge in [-0.2, -0.15) is 0 Å².